The van der Waals surface area contributed by atoms with Gasteiger partial charge < -0.3 is 20.1 Å². The Bertz CT molecular complexity index is 420. The molecule has 2 N–H and O–H groups in total. The van der Waals surface area contributed by atoms with Crippen LogP contribution in [0.2, 0.25) is 0 Å². The lowest BCUT2D eigenvalue weighted by molar-refractivity contribution is -0.121. The predicted octanol–water partition coefficient (Wildman–Crippen LogP) is 1.03. The Labute approximate surface area is 100 Å². The standard InChI is InChI=1S/C12H16N2O3/c1-16-6-2-5-14-10-4-3-9(13)7-11(10)17-8-12(14)15/h3-4,7H,2,5-6,8,13H2,1H3. The van der Waals surface area contributed by atoms with Gasteiger partial charge in [-0.05, 0) is 18.6 Å². The Hall–Kier alpha value is -1.75. The zero-order valence-electron chi connectivity index (χ0n) is 9.81. The molecule has 0 bridgehead atoms. The number of amides is 1. The SMILES string of the molecule is COCCCN1C(=O)COc2cc(N)ccc21. The quantitative estimate of drug-likeness (QED) is 0.626. The van der Waals surface area contributed by atoms with Crippen LogP contribution in [0.3, 0.4) is 0 Å². The molecule has 2 rings (SSSR count). The molecule has 1 heterocycles. The van der Waals surface area contributed by atoms with Crippen molar-refractivity contribution in [3.63, 3.8) is 0 Å². The summed E-state index contributed by atoms with van der Waals surface area (Å²) in [6.07, 6.45) is 0.798. The molecule has 17 heavy (non-hydrogen) atoms. The van der Waals surface area contributed by atoms with Crippen LogP contribution >= 0.6 is 0 Å². The number of nitrogens with two attached hydrogens (primary N) is 1. The van der Waals surface area contributed by atoms with Gasteiger partial charge in [0.25, 0.3) is 5.91 Å². The first-order valence-electron chi connectivity index (χ1n) is 5.54. The van der Waals surface area contributed by atoms with Crippen molar-refractivity contribution in [3.8, 4) is 5.75 Å². The fraction of sp³-hybridized carbons (Fsp3) is 0.417. The molecule has 5 heteroatoms. The molecule has 1 aromatic rings. The number of fused-ring (bicyclic) bond motifs is 1. The van der Waals surface area contributed by atoms with E-state index in [4.69, 9.17) is 15.2 Å². The summed E-state index contributed by atoms with van der Waals surface area (Å²) < 4.78 is 10.3. The maximum atomic E-state index is 11.8. The molecule has 0 spiro atoms. The second-order valence-corrected chi connectivity index (χ2v) is 3.91. The Morgan fingerprint density at radius 3 is 3.12 bits per heavy atom. The highest BCUT2D eigenvalue weighted by atomic mass is 16.5. The minimum Gasteiger partial charge on any atom is -0.481 e. The van der Waals surface area contributed by atoms with Crippen LogP contribution in [0.4, 0.5) is 11.4 Å². The first-order valence-corrected chi connectivity index (χ1v) is 5.54. The molecular formula is C12H16N2O3. The topological polar surface area (TPSA) is 64.8 Å². The van der Waals surface area contributed by atoms with Gasteiger partial charge in [-0.3, -0.25) is 4.79 Å². The van der Waals surface area contributed by atoms with Gasteiger partial charge >= 0.3 is 0 Å². The molecule has 0 aliphatic carbocycles. The number of nitrogens with zero attached hydrogens (tertiary/aromatic N) is 1. The van der Waals surface area contributed by atoms with Crippen molar-refractivity contribution in [2.24, 2.45) is 0 Å². The van der Waals surface area contributed by atoms with Gasteiger partial charge in [-0.15, -0.1) is 0 Å². The molecular weight excluding hydrogens is 220 g/mol. The number of methoxy groups -OCH3 is 1. The number of rotatable bonds is 4. The maximum Gasteiger partial charge on any atom is 0.265 e. The zero-order chi connectivity index (χ0) is 12.3. The van der Waals surface area contributed by atoms with Crippen LogP contribution < -0.4 is 15.4 Å². The van der Waals surface area contributed by atoms with Crippen molar-refractivity contribution >= 4 is 17.3 Å². The van der Waals surface area contributed by atoms with E-state index < -0.39 is 0 Å². The number of hydrogen-bond acceptors (Lipinski definition) is 4. The molecule has 1 aliphatic rings. The van der Waals surface area contributed by atoms with E-state index in [1.165, 1.54) is 0 Å². The van der Waals surface area contributed by atoms with Gasteiger partial charge in [0.05, 0.1) is 5.69 Å². The molecule has 0 unspecified atom stereocenters. The Kier molecular flexibility index (Phi) is 3.49. The van der Waals surface area contributed by atoms with Crippen LogP contribution in [0, 0.1) is 0 Å². The molecule has 0 aromatic heterocycles. The first-order chi connectivity index (χ1) is 8.22. The van der Waals surface area contributed by atoms with E-state index in [0.29, 0.717) is 24.6 Å². The van der Waals surface area contributed by atoms with E-state index >= 15 is 0 Å². The smallest absolute Gasteiger partial charge is 0.265 e. The fourth-order valence-electron chi connectivity index (χ4n) is 1.83. The summed E-state index contributed by atoms with van der Waals surface area (Å²) in [6, 6.07) is 5.32. The monoisotopic (exact) mass is 236 g/mol. The van der Waals surface area contributed by atoms with Crippen molar-refractivity contribution < 1.29 is 14.3 Å². The third kappa shape index (κ3) is 2.50. The number of carbonyl (C=O) groups is 1. The fourth-order valence-corrected chi connectivity index (χ4v) is 1.83. The summed E-state index contributed by atoms with van der Waals surface area (Å²) >= 11 is 0. The summed E-state index contributed by atoms with van der Waals surface area (Å²) in [5, 5.41) is 0. The van der Waals surface area contributed by atoms with E-state index in [2.05, 4.69) is 0 Å². The Morgan fingerprint density at radius 2 is 2.35 bits per heavy atom. The second kappa shape index (κ2) is 5.05. The summed E-state index contributed by atoms with van der Waals surface area (Å²) in [5.41, 5.74) is 7.10. The van der Waals surface area contributed by atoms with Crippen molar-refractivity contribution in [1.82, 2.24) is 0 Å². The molecule has 0 saturated heterocycles. The average Bonchev–Trinajstić information content (AvgIpc) is 2.32. The third-order valence-corrected chi connectivity index (χ3v) is 2.66. The minimum absolute atomic E-state index is 0.0293. The lowest BCUT2D eigenvalue weighted by atomic mass is 10.2. The average molecular weight is 236 g/mol. The van der Waals surface area contributed by atoms with Gasteiger partial charge in [-0.1, -0.05) is 0 Å². The second-order valence-electron chi connectivity index (χ2n) is 3.91. The summed E-state index contributed by atoms with van der Waals surface area (Å²) in [4.78, 5) is 13.5. The molecule has 1 amide bonds. The van der Waals surface area contributed by atoms with E-state index in [0.717, 1.165) is 12.1 Å². The van der Waals surface area contributed by atoms with Gasteiger partial charge in [0, 0.05) is 32.0 Å². The lowest BCUT2D eigenvalue weighted by Gasteiger charge is -2.29. The maximum absolute atomic E-state index is 11.8. The molecule has 0 saturated carbocycles. The van der Waals surface area contributed by atoms with E-state index in [-0.39, 0.29) is 12.5 Å². The molecule has 0 fully saturated rings. The minimum atomic E-state index is -0.0293. The number of ether oxygens (including phenoxy) is 2. The summed E-state index contributed by atoms with van der Waals surface area (Å²) in [6.45, 7) is 1.34. The number of nitrogen functional groups attached to an aromatic ring is 1. The number of carbonyl (C=O) groups excluding carboxylic acids is 1. The highest BCUT2D eigenvalue weighted by Crippen LogP contribution is 2.33. The molecule has 5 nitrogen and oxygen atoms in total. The van der Waals surface area contributed by atoms with Gasteiger partial charge in [0.1, 0.15) is 5.75 Å². The van der Waals surface area contributed by atoms with Crippen LogP contribution in [0.1, 0.15) is 6.42 Å². The van der Waals surface area contributed by atoms with Crippen molar-refractivity contribution in [1.29, 1.82) is 0 Å². The highest BCUT2D eigenvalue weighted by Gasteiger charge is 2.24. The van der Waals surface area contributed by atoms with Crippen molar-refractivity contribution in [2.45, 2.75) is 6.42 Å². The first kappa shape index (κ1) is 11.7. The van der Waals surface area contributed by atoms with Crippen LogP contribution in [-0.4, -0.2) is 32.8 Å². The van der Waals surface area contributed by atoms with E-state index in [9.17, 15) is 4.79 Å². The van der Waals surface area contributed by atoms with Gasteiger partial charge in [-0.2, -0.15) is 0 Å². The van der Waals surface area contributed by atoms with Crippen LogP contribution in [-0.2, 0) is 9.53 Å². The molecule has 1 aliphatic heterocycles. The van der Waals surface area contributed by atoms with Gasteiger partial charge in [-0.25, -0.2) is 0 Å². The Balaban J connectivity index is 2.18. The van der Waals surface area contributed by atoms with Crippen molar-refractivity contribution in [2.75, 3.05) is 37.5 Å². The van der Waals surface area contributed by atoms with Gasteiger partial charge in [0.2, 0.25) is 0 Å². The predicted molar refractivity (Wildman–Crippen MR) is 65.2 cm³/mol. The largest absolute Gasteiger partial charge is 0.481 e. The molecule has 0 radical (unpaired) electrons. The number of hydrogen-bond donors (Lipinski definition) is 1. The molecule has 1 aromatic carbocycles. The Morgan fingerprint density at radius 1 is 1.53 bits per heavy atom. The third-order valence-electron chi connectivity index (χ3n) is 2.66. The van der Waals surface area contributed by atoms with E-state index in [1.54, 1.807) is 24.1 Å². The van der Waals surface area contributed by atoms with Crippen LogP contribution in [0.5, 0.6) is 5.75 Å². The molecule has 0 atom stereocenters. The van der Waals surface area contributed by atoms with Gasteiger partial charge in [0.15, 0.2) is 6.61 Å². The molecule has 92 valence electrons. The highest BCUT2D eigenvalue weighted by molar-refractivity contribution is 5.98. The van der Waals surface area contributed by atoms with Crippen molar-refractivity contribution in [3.05, 3.63) is 18.2 Å². The van der Waals surface area contributed by atoms with Crippen LogP contribution in [0.15, 0.2) is 18.2 Å². The number of anilines is 2. The number of benzene rings is 1. The lowest BCUT2D eigenvalue weighted by Crippen LogP contribution is -2.39. The zero-order valence-corrected chi connectivity index (χ0v) is 9.81. The summed E-state index contributed by atoms with van der Waals surface area (Å²) in [7, 11) is 1.65. The summed E-state index contributed by atoms with van der Waals surface area (Å²) in [5.74, 6) is 0.639. The van der Waals surface area contributed by atoms with Crippen LogP contribution in [0.25, 0.3) is 0 Å². The normalized spacial score (nSPS) is 14.4. The van der Waals surface area contributed by atoms with E-state index in [1.807, 2.05) is 6.07 Å².